The highest BCUT2D eigenvalue weighted by Gasteiger charge is 2.22. The first-order valence-electron chi connectivity index (χ1n) is 7.06. The number of fused-ring (bicyclic) bond motifs is 1. The number of hydrogen-bond acceptors (Lipinski definition) is 1. The molecule has 3 aromatic rings. The molecule has 0 aliphatic carbocycles. The van der Waals surface area contributed by atoms with E-state index < -0.39 is 0 Å². The van der Waals surface area contributed by atoms with Crippen LogP contribution < -0.4 is 0 Å². The van der Waals surface area contributed by atoms with E-state index in [1.807, 2.05) is 37.3 Å². The quantitative estimate of drug-likeness (QED) is 0.692. The van der Waals surface area contributed by atoms with Crippen LogP contribution in [0, 0.1) is 5.82 Å². The molecule has 0 fully saturated rings. The number of carbonyl (C=O) groups is 1. The van der Waals surface area contributed by atoms with Crippen LogP contribution in [0.4, 0.5) is 4.39 Å². The summed E-state index contributed by atoms with van der Waals surface area (Å²) in [7, 11) is 0. The van der Waals surface area contributed by atoms with Gasteiger partial charge in [0.05, 0.1) is 0 Å². The van der Waals surface area contributed by atoms with Crippen LogP contribution in [0.3, 0.4) is 0 Å². The fraction of sp³-hybridized carbons (Fsp3) is 0.167. The number of Topliss-reactive ketones (excluding diaryl/α,β-unsaturated/α-hetero) is 1. The zero-order valence-electron chi connectivity index (χ0n) is 11.8. The van der Waals surface area contributed by atoms with Crippen LogP contribution in [-0.4, -0.2) is 10.8 Å². The third kappa shape index (κ3) is 2.47. The van der Waals surface area contributed by atoms with E-state index in [1.165, 1.54) is 12.1 Å². The number of aromatic nitrogens is 1. The summed E-state index contributed by atoms with van der Waals surface area (Å²) >= 11 is 0. The molecule has 1 atom stereocenters. The molecule has 0 bridgehead atoms. The molecular formula is C18H16FNO. The normalized spacial score (nSPS) is 12.5. The number of carbonyl (C=O) groups excluding carboxylic acids is 1. The maximum atomic E-state index is 13.4. The molecular weight excluding hydrogens is 265 g/mol. The zero-order valence-corrected chi connectivity index (χ0v) is 11.8. The Morgan fingerprint density at radius 1 is 1.19 bits per heavy atom. The number of hydrogen-bond donors (Lipinski definition) is 1. The summed E-state index contributed by atoms with van der Waals surface area (Å²) < 4.78 is 13.4. The van der Waals surface area contributed by atoms with Gasteiger partial charge in [-0.3, -0.25) is 4.79 Å². The van der Waals surface area contributed by atoms with E-state index in [1.54, 1.807) is 12.3 Å². The number of benzene rings is 2. The van der Waals surface area contributed by atoms with Gasteiger partial charge in [0.1, 0.15) is 5.82 Å². The number of aromatic amines is 1. The Morgan fingerprint density at radius 3 is 2.67 bits per heavy atom. The lowest BCUT2D eigenvalue weighted by Crippen LogP contribution is -2.11. The Kier molecular flexibility index (Phi) is 3.57. The number of ketones is 1. The first-order chi connectivity index (χ1) is 10.2. The molecule has 3 heteroatoms. The molecule has 1 heterocycles. The predicted octanol–water partition coefficient (Wildman–Crippen LogP) is 4.68. The van der Waals surface area contributed by atoms with Crippen molar-refractivity contribution in [3.8, 4) is 0 Å². The molecule has 0 amide bonds. The van der Waals surface area contributed by atoms with Crippen LogP contribution >= 0.6 is 0 Å². The first-order valence-corrected chi connectivity index (χ1v) is 7.06. The van der Waals surface area contributed by atoms with Gasteiger partial charge in [0.25, 0.3) is 0 Å². The number of rotatable bonds is 4. The molecule has 0 saturated carbocycles. The van der Waals surface area contributed by atoms with Crippen molar-refractivity contribution in [2.45, 2.75) is 19.3 Å². The molecule has 0 saturated heterocycles. The summed E-state index contributed by atoms with van der Waals surface area (Å²) in [6, 6.07) is 14.2. The minimum atomic E-state index is -0.330. The highest BCUT2D eigenvalue weighted by molar-refractivity contribution is 6.10. The van der Waals surface area contributed by atoms with E-state index in [2.05, 4.69) is 4.98 Å². The Morgan fingerprint density at radius 2 is 1.95 bits per heavy atom. The summed E-state index contributed by atoms with van der Waals surface area (Å²) in [6.45, 7) is 1.99. The Labute approximate surface area is 122 Å². The van der Waals surface area contributed by atoms with Crippen molar-refractivity contribution in [1.29, 1.82) is 0 Å². The Hall–Kier alpha value is -2.42. The second-order valence-corrected chi connectivity index (χ2v) is 5.13. The third-order valence-corrected chi connectivity index (χ3v) is 3.84. The average Bonchev–Trinajstić information content (AvgIpc) is 2.92. The zero-order chi connectivity index (χ0) is 14.8. The topological polar surface area (TPSA) is 32.9 Å². The van der Waals surface area contributed by atoms with Crippen LogP contribution in [0.1, 0.15) is 35.2 Å². The average molecular weight is 281 g/mol. The van der Waals surface area contributed by atoms with Crippen molar-refractivity contribution < 1.29 is 9.18 Å². The molecule has 21 heavy (non-hydrogen) atoms. The molecule has 0 aliphatic rings. The molecule has 0 spiro atoms. The molecule has 1 aromatic heterocycles. The smallest absolute Gasteiger partial charge is 0.172 e. The van der Waals surface area contributed by atoms with Gasteiger partial charge in [0.2, 0.25) is 0 Å². The number of H-pyrrole nitrogens is 1. The lowest BCUT2D eigenvalue weighted by Gasteiger charge is -2.13. The summed E-state index contributed by atoms with van der Waals surface area (Å²) in [6.07, 6.45) is 2.39. The van der Waals surface area contributed by atoms with Crippen molar-refractivity contribution in [3.05, 3.63) is 71.7 Å². The monoisotopic (exact) mass is 281 g/mol. The summed E-state index contributed by atoms with van der Waals surface area (Å²) in [5.74, 6) is -0.502. The molecule has 0 aliphatic heterocycles. The summed E-state index contributed by atoms with van der Waals surface area (Å²) in [5, 5.41) is 0.648. The first kappa shape index (κ1) is 13.6. The highest BCUT2D eigenvalue weighted by atomic mass is 19.1. The van der Waals surface area contributed by atoms with Crippen molar-refractivity contribution in [3.63, 3.8) is 0 Å². The fourth-order valence-corrected chi connectivity index (χ4v) is 2.74. The fourth-order valence-electron chi connectivity index (χ4n) is 2.74. The van der Waals surface area contributed by atoms with Crippen LogP contribution in [0.25, 0.3) is 10.9 Å². The molecule has 2 aromatic carbocycles. The van der Waals surface area contributed by atoms with Crippen LogP contribution in [-0.2, 0) is 0 Å². The molecule has 1 N–H and O–H groups in total. The lowest BCUT2D eigenvalue weighted by molar-refractivity contribution is 0.0959. The van der Waals surface area contributed by atoms with Gasteiger partial charge in [-0.25, -0.2) is 4.39 Å². The summed E-state index contributed by atoms with van der Waals surface area (Å²) in [5.41, 5.74) is 2.33. The van der Waals surface area contributed by atoms with Crippen LogP contribution in [0.5, 0.6) is 0 Å². The van der Waals surface area contributed by atoms with Gasteiger partial charge in [-0.1, -0.05) is 37.3 Å². The maximum Gasteiger partial charge on any atom is 0.172 e. The molecule has 1 unspecified atom stereocenters. The number of halogens is 1. The van der Waals surface area contributed by atoms with Gasteiger partial charge in [-0.05, 0) is 30.2 Å². The second-order valence-electron chi connectivity index (χ2n) is 5.13. The Balaban J connectivity index is 2.05. The van der Waals surface area contributed by atoms with Gasteiger partial charge < -0.3 is 4.98 Å². The molecule has 106 valence electrons. The lowest BCUT2D eigenvalue weighted by atomic mass is 9.88. The van der Waals surface area contributed by atoms with Crippen molar-refractivity contribution in [2.75, 3.05) is 0 Å². The van der Waals surface area contributed by atoms with Gasteiger partial charge in [-0.2, -0.15) is 0 Å². The van der Waals surface area contributed by atoms with Crippen molar-refractivity contribution in [1.82, 2.24) is 4.98 Å². The van der Waals surface area contributed by atoms with Crippen molar-refractivity contribution in [2.24, 2.45) is 0 Å². The van der Waals surface area contributed by atoms with Crippen LogP contribution in [0.2, 0.25) is 0 Å². The third-order valence-electron chi connectivity index (χ3n) is 3.84. The highest BCUT2D eigenvalue weighted by Crippen LogP contribution is 2.28. The van der Waals surface area contributed by atoms with E-state index >= 15 is 0 Å². The van der Waals surface area contributed by atoms with Gasteiger partial charge in [0.15, 0.2) is 5.78 Å². The van der Waals surface area contributed by atoms with Gasteiger partial charge in [0, 0.05) is 28.6 Å². The summed E-state index contributed by atoms with van der Waals surface area (Å²) in [4.78, 5) is 15.9. The largest absolute Gasteiger partial charge is 0.360 e. The van der Waals surface area contributed by atoms with E-state index in [-0.39, 0.29) is 17.5 Å². The molecule has 3 rings (SSSR count). The minimum absolute atomic E-state index is 0.0283. The van der Waals surface area contributed by atoms with E-state index in [9.17, 15) is 9.18 Å². The van der Waals surface area contributed by atoms with Crippen LogP contribution in [0.15, 0.2) is 54.7 Å². The predicted molar refractivity (Wildman–Crippen MR) is 82.1 cm³/mol. The standard InChI is InChI=1S/C18H16FNO/c1-2-14(12-6-4-3-5-7-12)18(21)16-11-20-17-9-8-13(19)10-15(16)17/h3-11,14,20H,2H2,1H3. The second kappa shape index (κ2) is 5.52. The molecule has 0 radical (unpaired) electrons. The number of nitrogens with one attached hydrogen (secondary N) is 1. The van der Waals surface area contributed by atoms with Gasteiger partial charge in [-0.15, -0.1) is 0 Å². The minimum Gasteiger partial charge on any atom is -0.360 e. The Bertz CT molecular complexity index is 776. The van der Waals surface area contributed by atoms with E-state index in [0.29, 0.717) is 17.4 Å². The SMILES string of the molecule is CCC(C(=O)c1c[nH]c2ccc(F)cc12)c1ccccc1. The van der Waals surface area contributed by atoms with E-state index in [4.69, 9.17) is 0 Å². The maximum absolute atomic E-state index is 13.4. The van der Waals surface area contributed by atoms with Crippen molar-refractivity contribution >= 4 is 16.7 Å². The molecule has 2 nitrogen and oxygen atoms in total. The van der Waals surface area contributed by atoms with Gasteiger partial charge >= 0.3 is 0 Å². The van der Waals surface area contributed by atoms with E-state index in [0.717, 1.165) is 11.1 Å².